The van der Waals surface area contributed by atoms with Crippen LogP contribution in [0.4, 0.5) is 5.13 Å². The Morgan fingerprint density at radius 3 is 2.65 bits per heavy atom. The van der Waals surface area contributed by atoms with E-state index in [-0.39, 0.29) is 26.7 Å². The molecule has 2 aromatic heterocycles. The van der Waals surface area contributed by atoms with Gasteiger partial charge in [-0.1, -0.05) is 37.3 Å². The average molecular weight is 500 g/mol. The largest absolute Gasteiger partial charge is 0.495 e. The fraction of sp³-hybridized carbons (Fsp3) is 0.304. The molecule has 0 aliphatic heterocycles. The van der Waals surface area contributed by atoms with Gasteiger partial charge < -0.3 is 9.30 Å². The lowest BCUT2D eigenvalue weighted by Crippen LogP contribution is -2.13. The minimum Gasteiger partial charge on any atom is -0.495 e. The normalized spacial score (nSPS) is 12.0. The Morgan fingerprint density at radius 1 is 1.29 bits per heavy atom. The van der Waals surface area contributed by atoms with E-state index in [2.05, 4.69) is 15.5 Å². The van der Waals surface area contributed by atoms with Gasteiger partial charge in [-0.15, -0.1) is 10.2 Å². The number of para-hydroxylation sites is 2. The minimum atomic E-state index is -3.59. The number of nitrogens with zero attached hydrogens (tertiary/aromatic N) is 4. The van der Waals surface area contributed by atoms with Crippen LogP contribution < -0.4 is 10.1 Å². The van der Waals surface area contributed by atoms with Gasteiger partial charge in [-0.05, 0) is 49.6 Å². The maximum absolute atomic E-state index is 12.7. The number of nitrogens with one attached hydrogen (secondary N) is 1. The molecule has 1 amide bonds. The number of hydrogen-bond donors (Lipinski definition) is 1. The zero-order valence-corrected chi connectivity index (χ0v) is 21.1. The van der Waals surface area contributed by atoms with E-state index in [9.17, 15) is 18.5 Å². The summed E-state index contributed by atoms with van der Waals surface area (Å²) in [6, 6.07) is 11.3. The maximum atomic E-state index is 12.7. The van der Waals surface area contributed by atoms with Crippen molar-refractivity contribution < 1.29 is 17.9 Å². The average Bonchev–Trinajstić information content (AvgIpc) is 3.35. The number of anilines is 1. The monoisotopic (exact) mass is 499 g/mol. The van der Waals surface area contributed by atoms with Gasteiger partial charge in [0.2, 0.25) is 19.3 Å². The van der Waals surface area contributed by atoms with Crippen molar-refractivity contribution in [2.75, 3.05) is 18.2 Å². The fourth-order valence-electron chi connectivity index (χ4n) is 3.48. The third kappa shape index (κ3) is 5.35. The van der Waals surface area contributed by atoms with E-state index in [0.29, 0.717) is 11.3 Å². The predicted molar refractivity (Wildman–Crippen MR) is 131 cm³/mol. The zero-order valence-electron chi connectivity index (χ0n) is 19.5. The van der Waals surface area contributed by atoms with E-state index in [1.807, 2.05) is 54.8 Å². The van der Waals surface area contributed by atoms with Crippen LogP contribution in [0.3, 0.4) is 0 Å². The second-order valence-corrected chi connectivity index (χ2v) is 11.2. The van der Waals surface area contributed by atoms with Crippen LogP contribution in [0, 0.1) is 31.1 Å². The SMILES string of the molecule is COc1ccccc1-n1c(C)cc(/C=C(/C#N)C(=O)Nc2nnc(S(=O)(=O)CC(C)C)s2)c1C. The van der Waals surface area contributed by atoms with Gasteiger partial charge in [0.1, 0.15) is 17.4 Å². The molecule has 0 bridgehead atoms. The number of nitriles is 1. The molecule has 0 radical (unpaired) electrons. The number of benzene rings is 1. The molecule has 1 N–H and O–H groups in total. The molecular weight excluding hydrogens is 474 g/mol. The number of carbonyl (C=O) groups is 1. The summed E-state index contributed by atoms with van der Waals surface area (Å²) in [5.74, 6) is -0.151. The number of carbonyl (C=O) groups excluding carboxylic acids is 1. The molecule has 0 aliphatic rings. The standard InChI is InChI=1S/C23H25N5O4S2/c1-14(2)13-34(30,31)23-27-26-22(33-23)25-21(29)18(12-24)11-17-10-15(3)28(16(17)4)19-8-6-7-9-20(19)32-5/h6-11,14H,13H2,1-5H3,(H,25,26,29)/b18-11-. The summed E-state index contributed by atoms with van der Waals surface area (Å²) < 4.78 is 31.9. The lowest BCUT2D eigenvalue weighted by atomic mass is 10.1. The molecular formula is C23H25N5O4S2. The van der Waals surface area contributed by atoms with E-state index in [1.54, 1.807) is 21.0 Å². The summed E-state index contributed by atoms with van der Waals surface area (Å²) >= 11 is 0.759. The van der Waals surface area contributed by atoms with Crippen molar-refractivity contribution in [2.24, 2.45) is 5.92 Å². The topological polar surface area (TPSA) is 127 Å². The highest BCUT2D eigenvalue weighted by molar-refractivity contribution is 7.93. The van der Waals surface area contributed by atoms with Gasteiger partial charge in [0.15, 0.2) is 0 Å². The summed E-state index contributed by atoms with van der Waals surface area (Å²) in [6.07, 6.45) is 1.49. The van der Waals surface area contributed by atoms with E-state index in [4.69, 9.17) is 4.74 Å². The highest BCUT2D eigenvalue weighted by Crippen LogP contribution is 2.29. The number of hydrogen-bond acceptors (Lipinski definition) is 8. The van der Waals surface area contributed by atoms with Gasteiger partial charge in [0, 0.05) is 11.4 Å². The first kappa shape index (κ1) is 25.1. The molecule has 2 heterocycles. The van der Waals surface area contributed by atoms with Gasteiger partial charge in [-0.25, -0.2) is 8.42 Å². The van der Waals surface area contributed by atoms with Crippen LogP contribution >= 0.6 is 11.3 Å². The third-order valence-electron chi connectivity index (χ3n) is 4.91. The van der Waals surface area contributed by atoms with Crippen molar-refractivity contribution in [1.82, 2.24) is 14.8 Å². The van der Waals surface area contributed by atoms with Gasteiger partial charge >= 0.3 is 0 Å². The molecule has 0 saturated heterocycles. The van der Waals surface area contributed by atoms with E-state index >= 15 is 0 Å². The van der Waals surface area contributed by atoms with Crippen molar-refractivity contribution in [3.8, 4) is 17.5 Å². The first-order chi connectivity index (χ1) is 16.1. The number of sulfone groups is 1. The molecule has 1 aromatic carbocycles. The van der Waals surface area contributed by atoms with Crippen molar-refractivity contribution in [1.29, 1.82) is 5.26 Å². The Kier molecular flexibility index (Phi) is 7.54. The number of aryl methyl sites for hydroxylation is 1. The first-order valence-electron chi connectivity index (χ1n) is 10.4. The molecule has 34 heavy (non-hydrogen) atoms. The van der Waals surface area contributed by atoms with Crippen LogP contribution in [0.1, 0.15) is 30.8 Å². The predicted octanol–water partition coefficient (Wildman–Crippen LogP) is 3.93. The van der Waals surface area contributed by atoms with Gasteiger partial charge in [0.05, 0.1) is 18.6 Å². The van der Waals surface area contributed by atoms with E-state index in [1.165, 1.54) is 6.08 Å². The van der Waals surface area contributed by atoms with Crippen LogP contribution in [0.25, 0.3) is 11.8 Å². The van der Waals surface area contributed by atoms with Gasteiger partial charge in [-0.3, -0.25) is 10.1 Å². The lowest BCUT2D eigenvalue weighted by molar-refractivity contribution is -0.112. The summed E-state index contributed by atoms with van der Waals surface area (Å²) in [7, 11) is -1.99. The van der Waals surface area contributed by atoms with Crippen LogP contribution in [0.2, 0.25) is 0 Å². The van der Waals surface area contributed by atoms with Crippen molar-refractivity contribution in [3.63, 3.8) is 0 Å². The number of amides is 1. The van der Waals surface area contributed by atoms with Crippen LogP contribution in [0.15, 0.2) is 40.2 Å². The van der Waals surface area contributed by atoms with Crippen LogP contribution in [0.5, 0.6) is 5.75 Å². The summed E-state index contributed by atoms with van der Waals surface area (Å²) in [6.45, 7) is 7.38. The van der Waals surface area contributed by atoms with Crippen molar-refractivity contribution >= 4 is 38.3 Å². The molecule has 9 nitrogen and oxygen atoms in total. The first-order valence-corrected chi connectivity index (χ1v) is 12.9. The third-order valence-corrected chi connectivity index (χ3v) is 8.27. The summed E-state index contributed by atoms with van der Waals surface area (Å²) in [5, 5.41) is 19.5. The molecule has 11 heteroatoms. The molecule has 0 fully saturated rings. The minimum absolute atomic E-state index is 0.00738. The zero-order chi connectivity index (χ0) is 25.0. The van der Waals surface area contributed by atoms with E-state index in [0.717, 1.165) is 28.4 Å². The fourth-order valence-corrected chi connectivity index (χ4v) is 6.09. The number of methoxy groups -OCH3 is 1. The second kappa shape index (κ2) is 10.2. The Morgan fingerprint density at radius 2 is 2.00 bits per heavy atom. The second-order valence-electron chi connectivity index (χ2n) is 8.01. The highest BCUT2D eigenvalue weighted by Gasteiger charge is 2.23. The Labute approximate surface area is 202 Å². The molecule has 0 spiro atoms. The Hall–Kier alpha value is -3.49. The molecule has 0 unspecified atom stereocenters. The van der Waals surface area contributed by atoms with E-state index < -0.39 is 15.7 Å². The summed E-state index contributed by atoms with van der Waals surface area (Å²) in [5.41, 5.74) is 3.09. The van der Waals surface area contributed by atoms with Gasteiger partial charge in [-0.2, -0.15) is 5.26 Å². The molecule has 0 aliphatic carbocycles. The number of ether oxygens (including phenoxy) is 1. The highest BCUT2D eigenvalue weighted by atomic mass is 32.2. The van der Waals surface area contributed by atoms with Crippen LogP contribution in [-0.2, 0) is 14.6 Å². The van der Waals surface area contributed by atoms with Crippen LogP contribution in [-0.4, -0.2) is 42.0 Å². The Balaban J connectivity index is 1.88. The molecule has 0 atom stereocenters. The Bertz CT molecular complexity index is 1390. The quantitative estimate of drug-likeness (QED) is 0.283. The molecule has 3 aromatic rings. The molecule has 3 rings (SSSR count). The molecule has 0 saturated carbocycles. The van der Waals surface area contributed by atoms with Crippen molar-refractivity contribution in [2.45, 2.75) is 32.0 Å². The maximum Gasteiger partial charge on any atom is 0.268 e. The molecule has 178 valence electrons. The smallest absolute Gasteiger partial charge is 0.268 e. The van der Waals surface area contributed by atoms with Gasteiger partial charge in [0.25, 0.3) is 5.91 Å². The number of aromatic nitrogens is 3. The lowest BCUT2D eigenvalue weighted by Gasteiger charge is -2.13. The number of rotatable bonds is 8. The van der Waals surface area contributed by atoms with Crippen molar-refractivity contribution in [3.05, 3.63) is 52.9 Å². The summed E-state index contributed by atoms with van der Waals surface area (Å²) in [4.78, 5) is 12.7.